The zero-order chi connectivity index (χ0) is 16.5. The van der Waals surface area contributed by atoms with E-state index in [1.54, 1.807) is 17.3 Å². The lowest BCUT2D eigenvalue weighted by Gasteiger charge is -2.45. The molecule has 6 heteroatoms. The SMILES string of the molecule is CCS(=O)(=O)N1CCCC2(CCCN2Cc2ccccc2F)C1. The highest BCUT2D eigenvalue weighted by molar-refractivity contribution is 7.89. The minimum Gasteiger partial charge on any atom is -0.292 e. The summed E-state index contributed by atoms with van der Waals surface area (Å²) in [5, 5.41) is 0. The van der Waals surface area contributed by atoms with Crippen molar-refractivity contribution in [3.8, 4) is 0 Å². The van der Waals surface area contributed by atoms with Crippen LogP contribution in [0.1, 0.15) is 38.2 Å². The van der Waals surface area contributed by atoms with Crippen molar-refractivity contribution in [2.45, 2.75) is 44.7 Å². The summed E-state index contributed by atoms with van der Waals surface area (Å²) >= 11 is 0. The summed E-state index contributed by atoms with van der Waals surface area (Å²) in [6, 6.07) is 6.88. The molecular formula is C17H25FN2O2S. The van der Waals surface area contributed by atoms with Crippen molar-refractivity contribution in [2.24, 2.45) is 0 Å². The van der Waals surface area contributed by atoms with Crippen LogP contribution in [-0.4, -0.2) is 48.5 Å². The third kappa shape index (κ3) is 3.30. The summed E-state index contributed by atoms with van der Waals surface area (Å²) in [6.45, 7) is 4.34. The maximum Gasteiger partial charge on any atom is 0.213 e. The molecule has 4 nitrogen and oxygen atoms in total. The Morgan fingerprint density at radius 2 is 1.87 bits per heavy atom. The lowest BCUT2D eigenvalue weighted by molar-refractivity contribution is 0.0671. The fourth-order valence-electron chi connectivity index (χ4n) is 4.03. The molecule has 1 aromatic rings. The normalized spacial score (nSPS) is 26.9. The van der Waals surface area contributed by atoms with Crippen LogP contribution in [0.15, 0.2) is 24.3 Å². The average Bonchev–Trinajstić information content (AvgIpc) is 2.91. The Morgan fingerprint density at radius 1 is 1.17 bits per heavy atom. The second kappa shape index (κ2) is 6.49. The Kier molecular flexibility index (Phi) is 4.76. The number of hydrogen-bond acceptors (Lipinski definition) is 3. The topological polar surface area (TPSA) is 40.6 Å². The van der Waals surface area contributed by atoms with Crippen molar-refractivity contribution in [2.75, 3.05) is 25.4 Å². The zero-order valence-electron chi connectivity index (χ0n) is 13.7. The number of likely N-dealkylation sites (tertiary alicyclic amines) is 1. The highest BCUT2D eigenvalue weighted by Gasteiger charge is 2.45. The summed E-state index contributed by atoms with van der Waals surface area (Å²) in [4.78, 5) is 2.31. The van der Waals surface area contributed by atoms with Gasteiger partial charge in [-0.15, -0.1) is 0 Å². The van der Waals surface area contributed by atoms with Crippen molar-refractivity contribution < 1.29 is 12.8 Å². The number of nitrogens with zero attached hydrogens (tertiary/aromatic N) is 2. The van der Waals surface area contributed by atoms with Crippen molar-refractivity contribution in [3.05, 3.63) is 35.6 Å². The summed E-state index contributed by atoms with van der Waals surface area (Å²) in [5.74, 6) is -0.0282. The van der Waals surface area contributed by atoms with Gasteiger partial charge in [0.25, 0.3) is 0 Å². The van der Waals surface area contributed by atoms with Crippen LogP contribution in [0.3, 0.4) is 0 Å². The molecule has 1 aromatic carbocycles. The largest absolute Gasteiger partial charge is 0.292 e. The van der Waals surface area contributed by atoms with Gasteiger partial charge < -0.3 is 0 Å². The lowest BCUT2D eigenvalue weighted by Crippen LogP contribution is -2.56. The molecule has 0 saturated carbocycles. The zero-order valence-corrected chi connectivity index (χ0v) is 14.5. The lowest BCUT2D eigenvalue weighted by atomic mass is 9.87. The molecule has 128 valence electrons. The number of sulfonamides is 1. The van der Waals surface area contributed by atoms with Crippen molar-refractivity contribution in [1.29, 1.82) is 0 Å². The molecule has 0 aliphatic carbocycles. The minimum atomic E-state index is -3.16. The van der Waals surface area contributed by atoms with Crippen LogP contribution < -0.4 is 0 Å². The van der Waals surface area contributed by atoms with Crippen LogP contribution in [0.4, 0.5) is 4.39 Å². The smallest absolute Gasteiger partial charge is 0.213 e. The first-order valence-corrected chi connectivity index (χ1v) is 10.0. The van der Waals surface area contributed by atoms with E-state index >= 15 is 0 Å². The van der Waals surface area contributed by atoms with Gasteiger partial charge in [-0.25, -0.2) is 17.1 Å². The van der Waals surface area contributed by atoms with Gasteiger partial charge in [0.2, 0.25) is 10.0 Å². The second-order valence-electron chi connectivity index (χ2n) is 6.68. The van der Waals surface area contributed by atoms with Gasteiger partial charge in [0.1, 0.15) is 5.82 Å². The van der Waals surface area contributed by atoms with Gasteiger partial charge in [-0.2, -0.15) is 0 Å². The molecule has 0 aromatic heterocycles. The summed E-state index contributed by atoms with van der Waals surface area (Å²) in [5.41, 5.74) is 0.576. The first-order chi connectivity index (χ1) is 11.0. The fourth-order valence-corrected chi connectivity index (χ4v) is 5.24. The predicted molar refractivity (Wildman–Crippen MR) is 89.0 cm³/mol. The molecule has 2 fully saturated rings. The molecule has 0 N–H and O–H groups in total. The van der Waals surface area contributed by atoms with E-state index in [0.717, 1.165) is 32.2 Å². The summed E-state index contributed by atoms with van der Waals surface area (Å²) < 4.78 is 40.2. The molecule has 2 aliphatic heterocycles. The third-order valence-electron chi connectivity index (χ3n) is 5.34. The molecular weight excluding hydrogens is 315 g/mol. The standard InChI is InChI=1S/C17H25FN2O2S/c1-2-23(21,22)20-12-6-10-17(14-20)9-5-11-19(17)13-15-7-3-4-8-16(15)18/h3-4,7-8H,2,5-6,9-14H2,1H3. The van der Waals surface area contributed by atoms with Crippen LogP contribution in [0.5, 0.6) is 0 Å². The minimum absolute atomic E-state index is 0.122. The van der Waals surface area contributed by atoms with E-state index in [-0.39, 0.29) is 17.1 Å². The highest BCUT2D eigenvalue weighted by atomic mass is 32.2. The molecule has 3 rings (SSSR count). The maximum atomic E-state index is 14.0. The monoisotopic (exact) mass is 340 g/mol. The molecule has 1 atom stereocenters. The molecule has 1 spiro atoms. The van der Waals surface area contributed by atoms with Gasteiger partial charge >= 0.3 is 0 Å². The molecule has 2 aliphatic rings. The molecule has 0 radical (unpaired) electrons. The number of hydrogen-bond donors (Lipinski definition) is 0. The van der Waals surface area contributed by atoms with Crippen LogP contribution in [0.2, 0.25) is 0 Å². The van der Waals surface area contributed by atoms with E-state index in [4.69, 9.17) is 0 Å². The maximum absolute atomic E-state index is 14.0. The van der Waals surface area contributed by atoms with Crippen molar-refractivity contribution in [1.82, 2.24) is 9.21 Å². The average molecular weight is 340 g/mol. The predicted octanol–water partition coefficient (Wildman–Crippen LogP) is 2.61. The summed E-state index contributed by atoms with van der Waals surface area (Å²) in [6.07, 6.45) is 3.93. The molecule has 2 saturated heterocycles. The third-order valence-corrected chi connectivity index (χ3v) is 7.17. The van der Waals surface area contributed by atoms with Gasteiger partial charge in [0.05, 0.1) is 5.75 Å². The first kappa shape index (κ1) is 16.9. The Labute approximate surface area is 138 Å². The van der Waals surface area contributed by atoms with Crippen LogP contribution >= 0.6 is 0 Å². The highest BCUT2D eigenvalue weighted by Crippen LogP contribution is 2.39. The molecule has 2 heterocycles. The van der Waals surface area contributed by atoms with E-state index < -0.39 is 10.0 Å². The molecule has 0 amide bonds. The van der Waals surface area contributed by atoms with Gasteiger partial charge in [0, 0.05) is 30.7 Å². The first-order valence-electron chi connectivity index (χ1n) is 8.43. The van der Waals surface area contributed by atoms with E-state index in [1.165, 1.54) is 6.07 Å². The van der Waals surface area contributed by atoms with Gasteiger partial charge in [-0.3, -0.25) is 4.90 Å². The summed E-state index contributed by atoms with van der Waals surface area (Å²) in [7, 11) is -3.16. The Balaban J connectivity index is 1.81. The van der Waals surface area contributed by atoms with Gasteiger partial charge in [0.15, 0.2) is 0 Å². The van der Waals surface area contributed by atoms with E-state index in [0.29, 0.717) is 25.2 Å². The Bertz CT molecular complexity index is 664. The number of benzene rings is 1. The number of piperidine rings is 1. The molecule has 23 heavy (non-hydrogen) atoms. The van der Waals surface area contributed by atoms with E-state index in [2.05, 4.69) is 4.90 Å². The van der Waals surface area contributed by atoms with E-state index in [1.807, 2.05) is 12.1 Å². The molecule has 0 bridgehead atoms. The quantitative estimate of drug-likeness (QED) is 0.846. The Hall–Kier alpha value is -0.980. The van der Waals surface area contributed by atoms with Crippen molar-refractivity contribution >= 4 is 10.0 Å². The number of halogens is 1. The van der Waals surface area contributed by atoms with Crippen molar-refractivity contribution in [3.63, 3.8) is 0 Å². The number of rotatable bonds is 4. The van der Waals surface area contributed by atoms with E-state index in [9.17, 15) is 12.8 Å². The molecule has 1 unspecified atom stereocenters. The second-order valence-corrected chi connectivity index (χ2v) is 8.94. The van der Waals surface area contributed by atoms with Crippen LogP contribution in [0.25, 0.3) is 0 Å². The van der Waals surface area contributed by atoms with Gasteiger partial charge in [-0.05, 0) is 45.2 Å². The van der Waals surface area contributed by atoms with Crippen LogP contribution in [0, 0.1) is 5.82 Å². The van der Waals surface area contributed by atoms with Crippen LogP contribution in [-0.2, 0) is 16.6 Å². The Morgan fingerprint density at radius 3 is 2.57 bits per heavy atom. The van der Waals surface area contributed by atoms with Gasteiger partial charge in [-0.1, -0.05) is 18.2 Å². The fraction of sp³-hybridized carbons (Fsp3) is 0.647.